The van der Waals surface area contributed by atoms with Crippen molar-refractivity contribution in [2.75, 3.05) is 43.1 Å². The number of ether oxygens (including phenoxy) is 1. The lowest BCUT2D eigenvalue weighted by Crippen LogP contribution is -2.40. The third-order valence-corrected chi connectivity index (χ3v) is 7.76. The summed E-state index contributed by atoms with van der Waals surface area (Å²) in [5.74, 6) is -1.09. The minimum absolute atomic E-state index is 0.102. The summed E-state index contributed by atoms with van der Waals surface area (Å²) in [5.41, 5.74) is 0.836. The van der Waals surface area contributed by atoms with E-state index in [1.165, 1.54) is 33.5 Å². The summed E-state index contributed by atoms with van der Waals surface area (Å²) in [5, 5.41) is 3.09. The van der Waals surface area contributed by atoms with Crippen LogP contribution in [0.2, 0.25) is 5.02 Å². The average Bonchev–Trinajstić information content (AvgIpc) is 3.04. The number of sulfonamides is 1. The van der Waals surface area contributed by atoms with Crippen molar-refractivity contribution < 1.29 is 27.5 Å². The van der Waals surface area contributed by atoms with Crippen LogP contribution in [0, 0.1) is 0 Å². The van der Waals surface area contributed by atoms with Gasteiger partial charge in [-0.3, -0.25) is 19.4 Å². The molecule has 2 heterocycles. The van der Waals surface area contributed by atoms with Gasteiger partial charge in [0, 0.05) is 29.5 Å². The summed E-state index contributed by atoms with van der Waals surface area (Å²) < 4.78 is 32.0. The minimum atomic E-state index is -3.65. The van der Waals surface area contributed by atoms with Gasteiger partial charge < -0.3 is 10.1 Å². The van der Waals surface area contributed by atoms with Crippen molar-refractivity contribution in [1.29, 1.82) is 0 Å². The lowest BCUT2D eigenvalue weighted by Gasteiger charge is -2.26. The van der Waals surface area contributed by atoms with Gasteiger partial charge in [-0.15, -0.1) is 0 Å². The standard InChI is InChI=1S/C22H23ClN4O6S/c1-15-21(29)26(22(30)27(15)18-6-2-16(23)3-7-18)14-20(28)24-17-4-8-19(9-5-17)34(31,32)25-10-12-33-13-11-25/h2-9,15H,10-14H2,1H3,(H,24,28)/t15-/m1/s1. The first-order valence-corrected chi connectivity index (χ1v) is 12.4. The van der Waals surface area contributed by atoms with E-state index in [2.05, 4.69) is 5.32 Å². The highest BCUT2D eigenvalue weighted by Gasteiger charge is 2.44. The van der Waals surface area contributed by atoms with Gasteiger partial charge in [-0.25, -0.2) is 13.2 Å². The first-order valence-electron chi connectivity index (χ1n) is 10.6. The minimum Gasteiger partial charge on any atom is -0.379 e. The summed E-state index contributed by atoms with van der Waals surface area (Å²) in [6.07, 6.45) is 0. The molecule has 0 radical (unpaired) electrons. The van der Waals surface area contributed by atoms with E-state index in [4.69, 9.17) is 16.3 Å². The smallest absolute Gasteiger partial charge is 0.332 e. The predicted molar refractivity (Wildman–Crippen MR) is 125 cm³/mol. The fourth-order valence-corrected chi connectivity index (χ4v) is 5.33. The molecule has 1 atom stereocenters. The van der Waals surface area contributed by atoms with E-state index in [-0.39, 0.29) is 18.0 Å². The van der Waals surface area contributed by atoms with E-state index in [0.717, 1.165) is 4.90 Å². The first kappa shape index (κ1) is 24.1. The Balaban J connectivity index is 1.41. The van der Waals surface area contributed by atoms with Gasteiger partial charge in [-0.05, 0) is 55.5 Å². The lowest BCUT2D eigenvalue weighted by molar-refractivity contribution is -0.130. The topological polar surface area (TPSA) is 116 Å². The van der Waals surface area contributed by atoms with Gasteiger partial charge in [0.05, 0.1) is 18.1 Å². The molecule has 0 spiro atoms. The van der Waals surface area contributed by atoms with Crippen molar-refractivity contribution in [2.45, 2.75) is 17.9 Å². The number of imide groups is 1. The normalized spacial score (nSPS) is 19.5. The molecule has 0 unspecified atom stereocenters. The largest absolute Gasteiger partial charge is 0.379 e. The van der Waals surface area contributed by atoms with Crippen molar-refractivity contribution >= 4 is 50.8 Å². The quantitative estimate of drug-likeness (QED) is 0.600. The summed E-state index contributed by atoms with van der Waals surface area (Å²) in [7, 11) is -3.65. The Morgan fingerprint density at radius 1 is 1.06 bits per heavy atom. The van der Waals surface area contributed by atoms with Gasteiger partial charge in [0.2, 0.25) is 15.9 Å². The highest BCUT2D eigenvalue weighted by Crippen LogP contribution is 2.27. The maximum Gasteiger partial charge on any atom is 0.332 e. The molecular formula is C22H23ClN4O6S. The van der Waals surface area contributed by atoms with E-state index in [0.29, 0.717) is 29.6 Å². The van der Waals surface area contributed by atoms with Crippen molar-refractivity contribution in [3.05, 3.63) is 53.6 Å². The molecule has 1 N–H and O–H groups in total. The predicted octanol–water partition coefficient (Wildman–Crippen LogP) is 2.16. The van der Waals surface area contributed by atoms with Gasteiger partial charge in [0.1, 0.15) is 12.6 Å². The second-order valence-electron chi connectivity index (χ2n) is 7.82. The molecule has 0 bridgehead atoms. The van der Waals surface area contributed by atoms with Crippen molar-refractivity contribution in [1.82, 2.24) is 9.21 Å². The van der Waals surface area contributed by atoms with Gasteiger partial charge in [-0.1, -0.05) is 11.6 Å². The van der Waals surface area contributed by atoms with Crippen molar-refractivity contribution in [3.8, 4) is 0 Å². The van der Waals surface area contributed by atoms with Crippen LogP contribution in [0.15, 0.2) is 53.4 Å². The molecule has 34 heavy (non-hydrogen) atoms. The number of rotatable bonds is 6. The zero-order valence-corrected chi connectivity index (χ0v) is 19.9. The number of carbonyl (C=O) groups is 3. The van der Waals surface area contributed by atoms with Crippen LogP contribution in [0.3, 0.4) is 0 Å². The second kappa shape index (κ2) is 9.71. The van der Waals surface area contributed by atoms with Gasteiger partial charge >= 0.3 is 6.03 Å². The lowest BCUT2D eigenvalue weighted by atomic mass is 10.2. The molecule has 0 saturated carbocycles. The Labute approximate surface area is 202 Å². The van der Waals surface area contributed by atoms with Crippen LogP contribution in [0.25, 0.3) is 0 Å². The molecule has 2 saturated heterocycles. The molecular weight excluding hydrogens is 484 g/mol. The monoisotopic (exact) mass is 506 g/mol. The van der Waals surface area contributed by atoms with E-state index in [1.807, 2.05) is 0 Å². The van der Waals surface area contributed by atoms with Crippen LogP contribution < -0.4 is 10.2 Å². The molecule has 2 aromatic carbocycles. The number of nitrogens with one attached hydrogen (secondary N) is 1. The summed E-state index contributed by atoms with van der Waals surface area (Å²) in [6.45, 7) is 2.36. The average molecular weight is 507 g/mol. The summed E-state index contributed by atoms with van der Waals surface area (Å²) >= 11 is 5.89. The van der Waals surface area contributed by atoms with Crippen LogP contribution in [0.5, 0.6) is 0 Å². The Morgan fingerprint density at radius 2 is 1.68 bits per heavy atom. The maximum atomic E-state index is 12.8. The van der Waals surface area contributed by atoms with Crippen molar-refractivity contribution in [2.24, 2.45) is 0 Å². The van der Waals surface area contributed by atoms with Gasteiger partial charge in [0.25, 0.3) is 5.91 Å². The number of hydrogen-bond acceptors (Lipinski definition) is 6. The molecule has 2 aliphatic heterocycles. The van der Waals surface area contributed by atoms with E-state index < -0.39 is 40.5 Å². The number of halogens is 1. The molecule has 2 aliphatic rings. The fourth-order valence-electron chi connectivity index (χ4n) is 3.80. The molecule has 0 aliphatic carbocycles. The molecule has 2 aromatic rings. The van der Waals surface area contributed by atoms with Crippen LogP contribution in [-0.4, -0.2) is 74.4 Å². The van der Waals surface area contributed by atoms with Gasteiger partial charge in [0.15, 0.2) is 0 Å². The van der Waals surface area contributed by atoms with Crippen LogP contribution in [-0.2, 0) is 24.3 Å². The first-order chi connectivity index (χ1) is 16.2. The third kappa shape index (κ3) is 4.78. The van der Waals surface area contributed by atoms with E-state index >= 15 is 0 Å². The van der Waals surface area contributed by atoms with Gasteiger partial charge in [-0.2, -0.15) is 4.31 Å². The molecule has 2 fully saturated rings. The number of nitrogens with zero attached hydrogens (tertiary/aromatic N) is 3. The number of carbonyl (C=O) groups excluding carboxylic acids is 3. The van der Waals surface area contributed by atoms with E-state index in [9.17, 15) is 22.8 Å². The van der Waals surface area contributed by atoms with Crippen LogP contribution >= 0.6 is 11.6 Å². The van der Waals surface area contributed by atoms with Crippen LogP contribution in [0.4, 0.5) is 16.2 Å². The number of morpholine rings is 1. The fraction of sp³-hybridized carbons (Fsp3) is 0.318. The second-order valence-corrected chi connectivity index (χ2v) is 10.2. The molecule has 4 amide bonds. The Hall–Kier alpha value is -2.99. The Morgan fingerprint density at radius 3 is 2.29 bits per heavy atom. The number of amides is 4. The van der Waals surface area contributed by atoms with Crippen molar-refractivity contribution in [3.63, 3.8) is 0 Å². The molecule has 0 aromatic heterocycles. The molecule has 12 heteroatoms. The zero-order valence-electron chi connectivity index (χ0n) is 18.3. The summed E-state index contributed by atoms with van der Waals surface area (Å²) in [4.78, 5) is 40.3. The zero-order chi connectivity index (χ0) is 24.5. The maximum absolute atomic E-state index is 12.8. The number of anilines is 2. The number of urea groups is 1. The Kier molecular flexibility index (Phi) is 6.89. The molecule has 4 rings (SSSR count). The Bertz CT molecular complexity index is 1200. The number of hydrogen-bond donors (Lipinski definition) is 1. The molecule has 10 nitrogen and oxygen atoms in total. The van der Waals surface area contributed by atoms with Crippen LogP contribution in [0.1, 0.15) is 6.92 Å². The van der Waals surface area contributed by atoms with E-state index in [1.54, 1.807) is 31.2 Å². The number of benzene rings is 2. The third-order valence-electron chi connectivity index (χ3n) is 5.60. The highest BCUT2D eigenvalue weighted by atomic mass is 35.5. The molecule has 180 valence electrons. The SMILES string of the molecule is C[C@@H]1C(=O)N(CC(=O)Nc2ccc(S(=O)(=O)N3CCOCC3)cc2)C(=O)N1c1ccc(Cl)cc1. The highest BCUT2D eigenvalue weighted by molar-refractivity contribution is 7.89. The summed E-state index contributed by atoms with van der Waals surface area (Å²) in [6, 6.07) is 10.8.